The molecule has 0 unspecified atom stereocenters. The SMILES string of the molecule is COc1ccc(-c2noc(CSc3nc4ccccc4c(=O)n3Cc3ccccc3Cl)n2)cc1. The van der Waals surface area contributed by atoms with E-state index in [4.69, 9.17) is 25.8 Å². The number of rotatable bonds is 7. The molecule has 2 heterocycles. The fraction of sp³-hybridized carbons (Fsp3) is 0.120. The van der Waals surface area contributed by atoms with Gasteiger partial charge in [-0.1, -0.05) is 58.9 Å². The fourth-order valence-electron chi connectivity index (χ4n) is 3.49. The maximum Gasteiger partial charge on any atom is 0.262 e. The zero-order valence-corrected chi connectivity index (χ0v) is 19.7. The molecular weight excluding hydrogens is 472 g/mol. The lowest BCUT2D eigenvalue weighted by Crippen LogP contribution is -2.24. The van der Waals surface area contributed by atoms with Crippen LogP contribution in [0.1, 0.15) is 11.5 Å². The van der Waals surface area contributed by atoms with Gasteiger partial charge < -0.3 is 9.26 Å². The van der Waals surface area contributed by atoms with Crippen LogP contribution in [0.15, 0.2) is 87.3 Å². The molecule has 170 valence electrons. The molecule has 0 aliphatic carbocycles. The van der Waals surface area contributed by atoms with Crippen molar-refractivity contribution in [1.82, 2.24) is 19.7 Å². The Morgan fingerprint density at radius 1 is 1.00 bits per heavy atom. The Morgan fingerprint density at radius 3 is 2.56 bits per heavy atom. The molecular formula is C25H19ClN4O3S. The van der Waals surface area contributed by atoms with Gasteiger partial charge in [-0.05, 0) is 48.0 Å². The molecule has 0 atom stereocenters. The molecule has 0 aliphatic heterocycles. The third-order valence-electron chi connectivity index (χ3n) is 5.25. The summed E-state index contributed by atoms with van der Waals surface area (Å²) in [5, 5.41) is 5.78. The van der Waals surface area contributed by atoms with Crippen LogP contribution < -0.4 is 10.3 Å². The lowest BCUT2D eigenvalue weighted by molar-refractivity contribution is 0.391. The number of benzene rings is 3. The van der Waals surface area contributed by atoms with Crippen LogP contribution in [0.25, 0.3) is 22.3 Å². The second kappa shape index (κ2) is 9.70. The number of hydrogen-bond acceptors (Lipinski definition) is 7. The minimum atomic E-state index is -0.127. The highest BCUT2D eigenvalue weighted by atomic mass is 35.5. The Labute approximate surface area is 204 Å². The molecule has 9 heteroatoms. The maximum atomic E-state index is 13.3. The summed E-state index contributed by atoms with van der Waals surface area (Å²) in [4.78, 5) is 22.6. The summed E-state index contributed by atoms with van der Waals surface area (Å²) in [5.74, 6) is 2.03. The van der Waals surface area contributed by atoms with Gasteiger partial charge in [-0.2, -0.15) is 4.98 Å². The van der Waals surface area contributed by atoms with Gasteiger partial charge in [-0.3, -0.25) is 9.36 Å². The normalized spacial score (nSPS) is 11.1. The van der Waals surface area contributed by atoms with E-state index in [2.05, 4.69) is 10.1 Å². The molecule has 0 amide bonds. The van der Waals surface area contributed by atoms with Crippen molar-refractivity contribution in [2.24, 2.45) is 0 Å². The van der Waals surface area contributed by atoms with E-state index in [0.717, 1.165) is 16.9 Å². The molecule has 0 radical (unpaired) electrons. The summed E-state index contributed by atoms with van der Waals surface area (Å²) in [6.45, 7) is 0.305. The Kier molecular flexibility index (Phi) is 6.33. The monoisotopic (exact) mass is 490 g/mol. The van der Waals surface area contributed by atoms with Crippen molar-refractivity contribution in [3.63, 3.8) is 0 Å². The molecule has 0 fully saturated rings. The summed E-state index contributed by atoms with van der Waals surface area (Å²) in [5.41, 5.74) is 2.16. The fourth-order valence-corrected chi connectivity index (χ4v) is 4.52. The van der Waals surface area contributed by atoms with E-state index in [1.807, 2.05) is 66.7 Å². The van der Waals surface area contributed by atoms with Crippen LogP contribution in [0.5, 0.6) is 5.75 Å². The molecule has 0 saturated carbocycles. The van der Waals surface area contributed by atoms with Crippen LogP contribution in [0.2, 0.25) is 5.02 Å². The van der Waals surface area contributed by atoms with Crippen molar-refractivity contribution in [1.29, 1.82) is 0 Å². The number of hydrogen-bond donors (Lipinski definition) is 0. The first kappa shape index (κ1) is 22.2. The Bertz CT molecular complexity index is 1520. The van der Waals surface area contributed by atoms with Crippen molar-refractivity contribution < 1.29 is 9.26 Å². The van der Waals surface area contributed by atoms with E-state index in [9.17, 15) is 4.79 Å². The first-order valence-electron chi connectivity index (χ1n) is 10.4. The van der Waals surface area contributed by atoms with Crippen molar-refractivity contribution in [2.75, 3.05) is 7.11 Å². The highest BCUT2D eigenvalue weighted by molar-refractivity contribution is 7.98. The van der Waals surface area contributed by atoms with Crippen LogP contribution >= 0.6 is 23.4 Å². The summed E-state index contributed by atoms with van der Waals surface area (Å²) in [7, 11) is 1.62. The van der Waals surface area contributed by atoms with Gasteiger partial charge in [0.15, 0.2) is 5.16 Å². The van der Waals surface area contributed by atoms with Gasteiger partial charge in [-0.15, -0.1) is 0 Å². The number of ether oxygens (including phenoxy) is 1. The first-order chi connectivity index (χ1) is 16.6. The summed E-state index contributed by atoms with van der Waals surface area (Å²) in [6.07, 6.45) is 0. The zero-order valence-electron chi connectivity index (χ0n) is 18.1. The Morgan fingerprint density at radius 2 is 1.76 bits per heavy atom. The summed E-state index contributed by atoms with van der Waals surface area (Å²) < 4.78 is 12.3. The standard InChI is InChI=1S/C25H19ClN4O3S/c1-32-18-12-10-16(11-13-18)23-28-22(33-29-23)15-34-25-27-21-9-5-3-7-19(21)24(31)30(25)14-17-6-2-4-8-20(17)26/h2-13H,14-15H2,1H3. The minimum Gasteiger partial charge on any atom is -0.497 e. The van der Waals surface area contributed by atoms with Gasteiger partial charge in [0.05, 0.1) is 30.3 Å². The maximum absolute atomic E-state index is 13.3. The van der Waals surface area contributed by atoms with E-state index >= 15 is 0 Å². The average Bonchev–Trinajstić information content (AvgIpc) is 3.35. The number of halogens is 1. The predicted molar refractivity (Wildman–Crippen MR) is 132 cm³/mol. The third-order valence-corrected chi connectivity index (χ3v) is 6.58. The molecule has 34 heavy (non-hydrogen) atoms. The zero-order chi connectivity index (χ0) is 23.5. The van der Waals surface area contributed by atoms with Crippen molar-refractivity contribution in [3.05, 3.63) is 99.6 Å². The number of aromatic nitrogens is 4. The number of nitrogens with zero attached hydrogens (tertiary/aromatic N) is 4. The van der Waals surface area contributed by atoms with E-state index in [1.54, 1.807) is 17.7 Å². The van der Waals surface area contributed by atoms with E-state index in [-0.39, 0.29) is 5.56 Å². The quantitative estimate of drug-likeness (QED) is 0.221. The molecule has 0 bridgehead atoms. The molecule has 2 aromatic heterocycles. The lowest BCUT2D eigenvalue weighted by Gasteiger charge is -2.13. The van der Waals surface area contributed by atoms with E-state index in [0.29, 0.717) is 45.1 Å². The number of para-hydroxylation sites is 1. The van der Waals surface area contributed by atoms with Gasteiger partial charge in [0.2, 0.25) is 11.7 Å². The number of thioether (sulfide) groups is 1. The summed E-state index contributed by atoms with van der Waals surface area (Å²) >= 11 is 7.73. The molecule has 7 nitrogen and oxygen atoms in total. The van der Waals surface area contributed by atoms with Crippen LogP contribution in [-0.4, -0.2) is 26.8 Å². The van der Waals surface area contributed by atoms with E-state index < -0.39 is 0 Å². The molecule has 5 aromatic rings. The molecule has 3 aromatic carbocycles. The van der Waals surface area contributed by atoms with Gasteiger partial charge in [0, 0.05) is 10.6 Å². The largest absolute Gasteiger partial charge is 0.497 e. The van der Waals surface area contributed by atoms with Crippen LogP contribution in [0.4, 0.5) is 0 Å². The molecule has 0 aliphatic rings. The highest BCUT2D eigenvalue weighted by Crippen LogP contribution is 2.26. The molecule has 0 spiro atoms. The number of fused-ring (bicyclic) bond motifs is 1. The van der Waals surface area contributed by atoms with Crippen molar-refractivity contribution in [3.8, 4) is 17.1 Å². The van der Waals surface area contributed by atoms with Crippen molar-refractivity contribution >= 4 is 34.3 Å². The molecule has 0 N–H and O–H groups in total. The van der Waals surface area contributed by atoms with Gasteiger partial charge >= 0.3 is 0 Å². The molecule has 5 rings (SSSR count). The average molecular weight is 491 g/mol. The van der Waals surface area contributed by atoms with Crippen molar-refractivity contribution in [2.45, 2.75) is 17.5 Å². The van der Waals surface area contributed by atoms with Crippen LogP contribution in [-0.2, 0) is 12.3 Å². The number of methoxy groups -OCH3 is 1. The van der Waals surface area contributed by atoms with Gasteiger partial charge in [0.1, 0.15) is 5.75 Å². The highest BCUT2D eigenvalue weighted by Gasteiger charge is 2.16. The molecule has 0 saturated heterocycles. The topological polar surface area (TPSA) is 83.0 Å². The Balaban J connectivity index is 1.44. The van der Waals surface area contributed by atoms with Crippen LogP contribution in [0.3, 0.4) is 0 Å². The first-order valence-corrected chi connectivity index (χ1v) is 11.8. The Hall–Kier alpha value is -3.62. The van der Waals surface area contributed by atoms with Gasteiger partial charge in [0.25, 0.3) is 5.56 Å². The second-order valence-corrected chi connectivity index (χ2v) is 8.77. The van der Waals surface area contributed by atoms with Gasteiger partial charge in [-0.25, -0.2) is 4.98 Å². The minimum absolute atomic E-state index is 0.127. The smallest absolute Gasteiger partial charge is 0.262 e. The lowest BCUT2D eigenvalue weighted by atomic mass is 10.2. The predicted octanol–water partition coefficient (Wildman–Crippen LogP) is 5.45. The van der Waals surface area contributed by atoms with Crippen LogP contribution in [0, 0.1) is 0 Å². The van der Waals surface area contributed by atoms with E-state index in [1.165, 1.54) is 11.8 Å². The summed E-state index contributed by atoms with van der Waals surface area (Å²) in [6, 6.07) is 22.2. The third kappa shape index (κ3) is 4.55. The second-order valence-electron chi connectivity index (χ2n) is 7.42.